The summed E-state index contributed by atoms with van der Waals surface area (Å²) in [5.74, 6) is 0.117. The Morgan fingerprint density at radius 2 is 2.00 bits per heavy atom. The summed E-state index contributed by atoms with van der Waals surface area (Å²) >= 11 is 0. The van der Waals surface area contributed by atoms with E-state index in [0.717, 1.165) is 0 Å². The second-order valence-electron chi connectivity index (χ2n) is 5.41. The number of hydrogen-bond acceptors (Lipinski definition) is 5. The molecule has 6 heteroatoms. The van der Waals surface area contributed by atoms with Crippen molar-refractivity contribution in [2.45, 2.75) is 37.2 Å². The highest BCUT2D eigenvalue weighted by atomic mass is 32.2. The fourth-order valence-corrected chi connectivity index (χ4v) is 3.48. The average molecular weight is 315 g/mol. The molecule has 0 aromatic heterocycles. The molecular formula is C15H25NO4S. The van der Waals surface area contributed by atoms with Crippen LogP contribution in [0.15, 0.2) is 29.2 Å². The molecule has 5 nitrogen and oxygen atoms in total. The van der Waals surface area contributed by atoms with Crippen molar-refractivity contribution >= 4 is 15.5 Å². The fraction of sp³-hybridized carbons (Fsp3) is 0.600. The lowest BCUT2D eigenvalue weighted by molar-refractivity contribution is 0.0357. The minimum Gasteiger partial charge on any atom is -0.388 e. The molecule has 0 bridgehead atoms. The van der Waals surface area contributed by atoms with Gasteiger partial charge in [0.15, 0.2) is 9.84 Å². The molecular weight excluding hydrogens is 290 g/mol. The molecule has 0 fully saturated rings. The van der Waals surface area contributed by atoms with Crippen molar-refractivity contribution in [2.75, 3.05) is 31.3 Å². The van der Waals surface area contributed by atoms with E-state index in [2.05, 4.69) is 5.32 Å². The molecule has 0 aliphatic heterocycles. The number of aliphatic hydroxyl groups is 1. The largest absolute Gasteiger partial charge is 0.388 e. The van der Waals surface area contributed by atoms with E-state index in [-0.39, 0.29) is 17.2 Å². The van der Waals surface area contributed by atoms with Gasteiger partial charge in [-0.3, -0.25) is 0 Å². The van der Waals surface area contributed by atoms with Gasteiger partial charge in [-0.1, -0.05) is 19.1 Å². The quantitative estimate of drug-likeness (QED) is 0.729. The maximum Gasteiger partial charge on any atom is 0.180 e. The molecule has 1 atom stereocenters. The van der Waals surface area contributed by atoms with Crippen LogP contribution in [-0.4, -0.2) is 45.1 Å². The van der Waals surface area contributed by atoms with E-state index >= 15 is 0 Å². The average Bonchev–Trinajstić information content (AvgIpc) is 2.43. The molecule has 0 radical (unpaired) electrons. The summed E-state index contributed by atoms with van der Waals surface area (Å²) in [5, 5.41) is 13.3. The van der Waals surface area contributed by atoms with Gasteiger partial charge < -0.3 is 15.2 Å². The Morgan fingerprint density at radius 1 is 1.33 bits per heavy atom. The van der Waals surface area contributed by atoms with Crippen molar-refractivity contribution in [3.63, 3.8) is 0 Å². The number of benzene rings is 1. The van der Waals surface area contributed by atoms with Gasteiger partial charge in [0.2, 0.25) is 0 Å². The summed E-state index contributed by atoms with van der Waals surface area (Å²) in [6.45, 7) is 4.24. The van der Waals surface area contributed by atoms with E-state index in [1.807, 2.05) is 6.92 Å². The number of para-hydroxylation sites is 1. The Morgan fingerprint density at radius 3 is 2.62 bits per heavy atom. The standard InChI is InChI=1S/C15H25NO4S/c1-4-11-21(18,19)14-8-6-5-7-13(14)16-12-15(2,17)9-10-20-3/h5-8,16-17H,4,9-12H2,1-3H3. The van der Waals surface area contributed by atoms with Gasteiger partial charge in [-0.2, -0.15) is 0 Å². The van der Waals surface area contributed by atoms with Crippen LogP contribution in [0.4, 0.5) is 5.69 Å². The molecule has 0 spiro atoms. The highest BCUT2D eigenvalue weighted by Crippen LogP contribution is 2.23. The van der Waals surface area contributed by atoms with E-state index < -0.39 is 15.4 Å². The molecule has 2 N–H and O–H groups in total. The summed E-state index contributed by atoms with van der Waals surface area (Å²) in [6, 6.07) is 6.79. The second-order valence-corrected chi connectivity index (χ2v) is 7.49. The lowest BCUT2D eigenvalue weighted by atomic mass is 10.0. The number of sulfone groups is 1. The maximum atomic E-state index is 12.2. The Bertz CT molecular complexity index is 540. The number of nitrogens with one attached hydrogen (secondary N) is 1. The van der Waals surface area contributed by atoms with Crippen LogP contribution in [0.5, 0.6) is 0 Å². The Hall–Kier alpha value is -1.11. The lowest BCUT2D eigenvalue weighted by Crippen LogP contribution is -2.35. The number of hydrogen-bond donors (Lipinski definition) is 2. The highest BCUT2D eigenvalue weighted by molar-refractivity contribution is 7.91. The number of ether oxygens (including phenoxy) is 1. The molecule has 0 saturated heterocycles. The minimum atomic E-state index is -3.29. The monoisotopic (exact) mass is 315 g/mol. The van der Waals surface area contributed by atoms with E-state index in [1.165, 1.54) is 0 Å². The van der Waals surface area contributed by atoms with E-state index in [4.69, 9.17) is 4.74 Å². The van der Waals surface area contributed by atoms with Crippen molar-refractivity contribution in [1.82, 2.24) is 0 Å². The second kappa shape index (κ2) is 7.77. The predicted octanol–water partition coefficient (Wildman–Crippen LogP) is 2.07. The lowest BCUT2D eigenvalue weighted by Gasteiger charge is -2.24. The Balaban J connectivity index is 2.86. The first-order chi connectivity index (χ1) is 9.82. The van der Waals surface area contributed by atoms with Gasteiger partial charge in [-0.15, -0.1) is 0 Å². The highest BCUT2D eigenvalue weighted by Gasteiger charge is 2.22. The van der Waals surface area contributed by atoms with Crippen LogP contribution >= 0.6 is 0 Å². The van der Waals surface area contributed by atoms with Crippen LogP contribution in [0.3, 0.4) is 0 Å². The number of methoxy groups -OCH3 is 1. The smallest absolute Gasteiger partial charge is 0.180 e. The van der Waals surface area contributed by atoms with Crippen LogP contribution in [0.2, 0.25) is 0 Å². The van der Waals surface area contributed by atoms with Gasteiger partial charge in [0.25, 0.3) is 0 Å². The summed E-state index contributed by atoms with van der Waals surface area (Å²) in [7, 11) is -1.71. The number of rotatable bonds is 9. The Kier molecular flexibility index (Phi) is 6.64. The van der Waals surface area contributed by atoms with Crippen LogP contribution in [0.25, 0.3) is 0 Å². The molecule has 0 heterocycles. The van der Waals surface area contributed by atoms with Gasteiger partial charge in [0.05, 0.1) is 21.9 Å². The number of anilines is 1. The third-order valence-corrected chi connectivity index (χ3v) is 5.17. The van der Waals surface area contributed by atoms with Crippen molar-refractivity contribution in [1.29, 1.82) is 0 Å². The van der Waals surface area contributed by atoms with E-state index in [1.54, 1.807) is 38.3 Å². The molecule has 1 unspecified atom stereocenters. The molecule has 21 heavy (non-hydrogen) atoms. The summed E-state index contributed by atoms with van der Waals surface area (Å²) in [5.41, 5.74) is -0.430. The minimum absolute atomic E-state index is 0.117. The first-order valence-electron chi connectivity index (χ1n) is 7.09. The third-order valence-electron chi connectivity index (χ3n) is 3.20. The molecule has 0 aliphatic carbocycles. The molecule has 0 aliphatic rings. The summed E-state index contributed by atoms with van der Waals surface area (Å²) in [6.07, 6.45) is 1.04. The topological polar surface area (TPSA) is 75.6 Å². The SMILES string of the molecule is CCCS(=O)(=O)c1ccccc1NCC(C)(O)CCOC. The van der Waals surface area contributed by atoms with Crippen molar-refractivity contribution in [3.8, 4) is 0 Å². The van der Waals surface area contributed by atoms with Gasteiger partial charge in [-0.05, 0) is 25.5 Å². The summed E-state index contributed by atoms with van der Waals surface area (Å²) in [4.78, 5) is 0.286. The maximum absolute atomic E-state index is 12.2. The van der Waals surface area contributed by atoms with Gasteiger partial charge >= 0.3 is 0 Å². The van der Waals surface area contributed by atoms with Crippen molar-refractivity contribution in [3.05, 3.63) is 24.3 Å². The molecule has 1 aromatic carbocycles. The summed E-state index contributed by atoms with van der Waals surface area (Å²) < 4.78 is 29.4. The molecule has 0 saturated carbocycles. The van der Waals surface area contributed by atoms with E-state index in [9.17, 15) is 13.5 Å². The van der Waals surface area contributed by atoms with Crippen LogP contribution in [0, 0.1) is 0 Å². The molecule has 1 aromatic rings. The zero-order chi connectivity index (χ0) is 15.9. The van der Waals surface area contributed by atoms with Crippen molar-refractivity contribution in [2.24, 2.45) is 0 Å². The normalized spacial score (nSPS) is 14.7. The molecule has 1 rings (SSSR count). The zero-order valence-electron chi connectivity index (χ0n) is 12.9. The fourth-order valence-electron chi connectivity index (χ4n) is 1.96. The van der Waals surface area contributed by atoms with Crippen molar-refractivity contribution < 1.29 is 18.3 Å². The first-order valence-corrected chi connectivity index (χ1v) is 8.74. The van der Waals surface area contributed by atoms with Gasteiger partial charge in [-0.25, -0.2) is 8.42 Å². The van der Waals surface area contributed by atoms with E-state index in [0.29, 0.717) is 25.1 Å². The first kappa shape index (κ1) is 17.9. The van der Waals surface area contributed by atoms with Crippen LogP contribution in [-0.2, 0) is 14.6 Å². The predicted molar refractivity (Wildman–Crippen MR) is 84.4 cm³/mol. The van der Waals surface area contributed by atoms with Gasteiger partial charge in [0, 0.05) is 26.7 Å². The molecule has 0 amide bonds. The van der Waals surface area contributed by atoms with Gasteiger partial charge in [0.1, 0.15) is 0 Å². The Labute approximate surface area is 127 Å². The third kappa shape index (κ3) is 5.65. The molecule has 120 valence electrons. The van der Waals surface area contributed by atoms with Crippen LogP contribution in [0.1, 0.15) is 26.7 Å². The zero-order valence-corrected chi connectivity index (χ0v) is 13.7. The van der Waals surface area contributed by atoms with Crippen LogP contribution < -0.4 is 5.32 Å².